The molecule has 0 bridgehead atoms. The Morgan fingerprint density at radius 2 is 1.86 bits per heavy atom. The number of ether oxygens (including phenoxy) is 2. The molecule has 2 aromatic rings. The number of carbonyl (C=O) groups excluding carboxylic acids is 3. The van der Waals surface area contributed by atoms with Gasteiger partial charge in [0.2, 0.25) is 5.91 Å². The summed E-state index contributed by atoms with van der Waals surface area (Å²) in [6, 6.07) is 12.8. The lowest BCUT2D eigenvalue weighted by Gasteiger charge is -2.17. The van der Waals surface area contributed by atoms with Gasteiger partial charge in [0, 0.05) is 24.3 Å². The normalized spacial score (nSPS) is 15.9. The highest BCUT2D eigenvalue weighted by Crippen LogP contribution is 2.27. The van der Waals surface area contributed by atoms with Crippen molar-refractivity contribution in [3.05, 3.63) is 53.6 Å². The summed E-state index contributed by atoms with van der Waals surface area (Å²) in [7, 11) is 1.57. The van der Waals surface area contributed by atoms with Crippen molar-refractivity contribution < 1.29 is 23.9 Å². The molecule has 29 heavy (non-hydrogen) atoms. The summed E-state index contributed by atoms with van der Waals surface area (Å²) in [4.78, 5) is 38.3. The van der Waals surface area contributed by atoms with E-state index in [1.165, 1.54) is 0 Å². The first-order valence-electron chi connectivity index (χ1n) is 9.35. The molecule has 0 saturated carbocycles. The molecule has 2 amide bonds. The van der Waals surface area contributed by atoms with Crippen molar-refractivity contribution in [2.24, 2.45) is 5.92 Å². The molecule has 7 nitrogen and oxygen atoms in total. The first-order chi connectivity index (χ1) is 13.9. The molecule has 1 saturated heterocycles. The molecule has 7 heteroatoms. The topological polar surface area (TPSA) is 84.9 Å². The quantitative estimate of drug-likeness (QED) is 0.759. The number of esters is 1. The summed E-state index contributed by atoms with van der Waals surface area (Å²) in [5, 5.41) is 2.75. The lowest BCUT2D eigenvalue weighted by atomic mass is 10.1. The third-order valence-corrected chi connectivity index (χ3v) is 4.86. The van der Waals surface area contributed by atoms with Crippen molar-refractivity contribution in [3.63, 3.8) is 0 Å². The van der Waals surface area contributed by atoms with Gasteiger partial charge >= 0.3 is 5.97 Å². The van der Waals surface area contributed by atoms with Gasteiger partial charge in [-0.1, -0.05) is 12.1 Å². The SMILES string of the molecule is COc1ccc(N2CC(C(=O)OCC(=O)Nc3cc(C)ccc3C)CC2=O)cc1. The molecule has 0 aromatic heterocycles. The number of amides is 2. The molecule has 1 aliphatic rings. The standard InChI is InChI=1S/C22H24N2O5/c1-14-4-5-15(2)19(10-14)23-20(25)13-29-22(27)16-11-21(26)24(12-16)17-6-8-18(28-3)9-7-17/h4-10,16H,11-13H2,1-3H3,(H,23,25). The van der Waals surface area contributed by atoms with Gasteiger partial charge in [0.15, 0.2) is 6.61 Å². The smallest absolute Gasteiger partial charge is 0.311 e. The molecule has 152 valence electrons. The fraction of sp³-hybridized carbons (Fsp3) is 0.318. The number of nitrogens with one attached hydrogen (secondary N) is 1. The lowest BCUT2D eigenvalue weighted by molar-refractivity contribution is -0.151. The van der Waals surface area contributed by atoms with E-state index < -0.39 is 17.8 Å². The average Bonchev–Trinajstić information content (AvgIpc) is 3.10. The maximum atomic E-state index is 12.3. The maximum absolute atomic E-state index is 12.3. The first-order valence-corrected chi connectivity index (χ1v) is 9.35. The maximum Gasteiger partial charge on any atom is 0.311 e. The van der Waals surface area contributed by atoms with Crippen LogP contribution in [0.4, 0.5) is 11.4 Å². The van der Waals surface area contributed by atoms with Crippen LogP contribution in [0.3, 0.4) is 0 Å². The Hall–Kier alpha value is -3.35. The Bertz CT molecular complexity index is 923. The van der Waals surface area contributed by atoms with E-state index in [4.69, 9.17) is 9.47 Å². The number of methoxy groups -OCH3 is 1. The number of hydrogen-bond donors (Lipinski definition) is 1. The Morgan fingerprint density at radius 1 is 1.14 bits per heavy atom. The molecular formula is C22H24N2O5. The van der Waals surface area contributed by atoms with Crippen LogP contribution in [0.25, 0.3) is 0 Å². The zero-order valence-corrected chi connectivity index (χ0v) is 16.7. The van der Waals surface area contributed by atoms with Gasteiger partial charge in [-0.25, -0.2) is 0 Å². The highest BCUT2D eigenvalue weighted by Gasteiger charge is 2.36. The van der Waals surface area contributed by atoms with Gasteiger partial charge in [0.05, 0.1) is 13.0 Å². The second kappa shape index (κ2) is 8.77. The minimum absolute atomic E-state index is 0.0590. The second-order valence-corrected chi connectivity index (χ2v) is 7.08. The zero-order chi connectivity index (χ0) is 21.0. The van der Waals surface area contributed by atoms with Crippen LogP contribution in [0.1, 0.15) is 17.5 Å². The van der Waals surface area contributed by atoms with E-state index in [1.807, 2.05) is 32.0 Å². The average molecular weight is 396 g/mol. The molecule has 1 aliphatic heterocycles. The summed E-state index contributed by atoms with van der Waals surface area (Å²) < 4.78 is 10.3. The summed E-state index contributed by atoms with van der Waals surface area (Å²) >= 11 is 0. The molecule has 1 heterocycles. The highest BCUT2D eigenvalue weighted by atomic mass is 16.5. The molecule has 2 aromatic carbocycles. The van der Waals surface area contributed by atoms with Gasteiger partial charge in [-0.3, -0.25) is 14.4 Å². The lowest BCUT2D eigenvalue weighted by Crippen LogP contribution is -2.28. The third-order valence-electron chi connectivity index (χ3n) is 4.86. The number of carbonyl (C=O) groups is 3. The van der Waals surface area contributed by atoms with E-state index in [9.17, 15) is 14.4 Å². The molecule has 1 atom stereocenters. The third kappa shape index (κ3) is 4.93. The van der Waals surface area contributed by atoms with Gasteiger partial charge in [-0.05, 0) is 55.3 Å². The monoisotopic (exact) mass is 396 g/mol. The Balaban J connectivity index is 1.53. The fourth-order valence-corrected chi connectivity index (χ4v) is 3.19. The van der Waals surface area contributed by atoms with Crippen LogP contribution in [0.15, 0.2) is 42.5 Å². The number of anilines is 2. The highest BCUT2D eigenvalue weighted by molar-refractivity contribution is 6.00. The van der Waals surface area contributed by atoms with Crippen molar-refractivity contribution in [1.29, 1.82) is 0 Å². The van der Waals surface area contributed by atoms with Crippen LogP contribution < -0.4 is 15.0 Å². The van der Waals surface area contributed by atoms with Crippen molar-refractivity contribution in [2.45, 2.75) is 20.3 Å². The number of benzene rings is 2. The molecule has 0 aliphatic carbocycles. The van der Waals surface area contributed by atoms with Gasteiger partial charge < -0.3 is 19.7 Å². The minimum Gasteiger partial charge on any atom is -0.497 e. The van der Waals surface area contributed by atoms with Gasteiger partial charge in [-0.2, -0.15) is 0 Å². The van der Waals surface area contributed by atoms with Crippen LogP contribution in [-0.4, -0.2) is 38.0 Å². The van der Waals surface area contributed by atoms with E-state index in [0.29, 0.717) is 17.1 Å². The molecular weight excluding hydrogens is 372 g/mol. The predicted octanol–water partition coefficient (Wildman–Crippen LogP) is 2.85. The van der Waals surface area contributed by atoms with Crippen molar-refractivity contribution in [1.82, 2.24) is 0 Å². The van der Waals surface area contributed by atoms with Crippen LogP contribution >= 0.6 is 0 Å². The van der Waals surface area contributed by atoms with Crippen LogP contribution in [0, 0.1) is 19.8 Å². The molecule has 0 spiro atoms. The van der Waals surface area contributed by atoms with Crippen molar-refractivity contribution in [3.8, 4) is 5.75 Å². The largest absolute Gasteiger partial charge is 0.497 e. The summed E-state index contributed by atoms with van der Waals surface area (Å²) in [5.41, 5.74) is 3.32. The molecule has 1 unspecified atom stereocenters. The van der Waals surface area contributed by atoms with Gasteiger partial charge in [0.1, 0.15) is 5.75 Å². The predicted molar refractivity (Wildman–Crippen MR) is 109 cm³/mol. The van der Waals surface area contributed by atoms with Crippen LogP contribution in [-0.2, 0) is 19.1 Å². The fourth-order valence-electron chi connectivity index (χ4n) is 3.19. The van der Waals surface area contributed by atoms with E-state index in [1.54, 1.807) is 36.3 Å². The van der Waals surface area contributed by atoms with E-state index in [-0.39, 0.29) is 25.5 Å². The Kier molecular flexibility index (Phi) is 6.16. The number of hydrogen-bond acceptors (Lipinski definition) is 5. The van der Waals surface area contributed by atoms with E-state index >= 15 is 0 Å². The summed E-state index contributed by atoms with van der Waals surface area (Å²) in [6.07, 6.45) is 0.0590. The van der Waals surface area contributed by atoms with Gasteiger partial charge in [-0.15, -0.1) is 0 Å². The van der Waals surface area contributed by atoms with Crippen molar-refractivity contribution in [2.75, 3.05) is 30.5 Å². The van der Waals surface area contributed by atoms with E-state index in [2.05, 4.69) is 5.32 Å². The summed E-state index contributed by atoms with van der Waals surface area (Å²) in [6.45, 7) is 3.65. The molecule has 1 N–H and O–H groups in total. The summed E-state index contributed by atoms with van der Waals surface area (Å²) in [5.74, 6) is -1.03. The first kappa shape index (κ1) is 20.4. The van der Waals surface area contributed by atoms with Crippen LogP contribution in [0.5, 0.6) is 5.75 Å². The molecule has 1 fully saturated rings. The van der Waals surface area contributed by atoms with Gasteiger partial charge in [0.25, 0.3) is 5.91 Å². The number of aryl methyl sites for hydroxylation is 2. The molecule has 3 rings (SSSR count). The zero-order valence-electron chi connectivity index (χ0n) is 16.7. The molecule has 0 radical (unpaired) electrons. The van der Waals surface area contributed by atoms with Crippen LogP contribution in [0.2, 0.25) is 0 Å². The minimum atomic E-state index is -0.599. The van der Waals surface area contributed by atoms with E-state index in [0.717, 1.165) is 11.1 Å². The Labute approximate surface area is 169 Å². The Morgan fingerprint density at radius 3 is 2.55 bits per heavy atom. The second-order valence-electron chi connectivity index (χ2n) is 7.08. The number of nitrogens with zero attached hydrogens (tertiary/aromatic N) is 1. The number of rotatable bonds is 6. The van der Waals surface area contributed by atoms with Crippen molar-refractivity contribution >= 4 is 29.2 Å².